The molecule has 0 heterocycles. The molecule has 0 atom stereocenters. The van der Waals surface area contributed by atoms with Crippen LogP contribution in [0.3, 0.4) is 0 Å². The van der Waals surface area contributed by atoms with Gasteiger partial charge in [0.2, 0.25) is 5.71 Å². The van der Waals surface area contributed by atoms with Crippen molar-refractivity contribution in [1.82, 2.24) is 0 Å². The maximum atomic E-state index is 12.5. The van der Waals surface area contributed by atoms with Crippen molar-refractivity contribution in [2.45, 2.75) is 13.1 Å². The number of hydrazone groups is 1. The highest BCUT2D eigenvalue weighted by Gasteiger charge is 2.30. The van der Waals surface area contributed by atoms with Crippen molar-refractivity contribution in [2.75, 3.05) is 5.43 Å². The minimum Gasteiger partial charge on any atom is -0.457 e. The molecule has 0 unspecified atom stereocenters. The second-order valence-corrected chi connectivity index (χ2v) is 4.90. The molecule has 0 fully saturated rings. The number of aryl methyl sites for hydroxylation is 1. The third kappa shape index (κ3) is 4.72. The number of nitrogens with one attached hydrogen (secondary N) is 1. The number of nitriles is 2. The highest BCUT2D eigenvalue weighted by molar-refractivity contribution is 6.10. The Bertz CT molecular complexity index is 859. The fourth-order valence-corrected chi connectivity index (χ4v) is 1.86. The van der Waals surface area contributed by atoms with Crippen molar-refractivity contribution >= 4 is 11.4 Å². The molecule has 0 radical (unpaired) electrons. The number of hydrogen-bond donors (Lipinski definition) is 1. The predicted octanol–water partition coefficient (Wildman–Crippen LogP) is 4.62. The van der Waals surface area contributed by atoms with Crippen molar-refractivity contribution in [2.24, 2.45) is 5.10 Å². The van der Waals surface area contributed by atoms with E-state index >= 15 is 0 Å². The number of benzene rings is 2. The summed E-state index contributed by atoms with van der Waals surface area (Å²) in [7, 11) is 0. The van der Waals surface area contributed by atoms with Crippen LogP contribution in [-0.4, -0.2) is 5.71 Å². The van der Waals surface area contributed by atoms with Crippen LogP contribution in [0.5, 0.6) is 11.5 Å². The van der Waals surface area contributed by atoms with E-state index < -0.39 is 11.7 Å². The van der Waals surface area contributed by atoms with E-state index in [1.807, 2.05) is 0 Å². The van der Waals surface area contributed by atoms with Crippen LogP contribution in [0, 0.1) is 29.6 Å². The Labute approximate surface area is 141 Å². The molecule has 5 nitrogen and oxygen atoms in total. The molecule has 0 aliphatic rings. The Morgan fingerprint density at radius 2 is 1.64 bits per heavy atom. The Balaban J connectivity index is 2.12. The first kappa shape index (κ1) is 17.8. The molecule has 2 aromatic carbocycles. The van der Waals surface area contributed by atoms with E-state index in [9.17, 15) is 13.2 Å². The largest absolute Gasteiger partial charge is 0.457 e. The fourth-order valence-electron chi connectivity index (χ4n) is 1.86. The van der Waals surface area contributed by atoms with Crippen LogP contribution in [0.15, 0.2) is 47.6 Å². The summed E-state index contributed by atoms with van der Waals surface area (Å²) >= 11 is 0. The molecule has 0 aromatic heterocycles. The quantitative estimate of drug-likeness (QED) is 0.648. The Hall–Kier alpha value is -3.52. The highest BCUT2D eigenvalue weighted by Crippen LogP contribution is 2.32. The van der Waals surface area contributed by atoms with Crippen LogP contribution in [0.1, 0.15) is 11.1 Å². The van der Waals surface area contributed by atoms with Crippen molar-refractivity contribution in [1.29, 1.82) is 10.5 Å². The third-order valence-corrected chi connectivity index (χ3v) is 3.12. The zero-order chi connectivity index (χ0) is 18.4. The predicted molar refractivity (Wildman–Crippen MR) is 85.0 cm³/mol. The van der Waals surface area contributed by atoms with Gasteiger partial charge < -0.3 is 4.74 Å². The van der Waals surface area contributed by atoms with Gasteiger partial charge in [0, 0.05) is 0 Å². The van der Waals surface area contributed by atoms with Gasteiger partial charge in [-0.25, -0.2) is 0 Å². The van der Waals surface area contributed by atoms with Gasteiger partial charge in [-0.2, -0.15) is 28.8 Å². The maximum Gasteiger partial charge on any atom is 0.416 e. The number of hydrogen-bond acceptors (Lipinski definition) is 5. The topological polar surface area (TPSA) is 81.2 Å². The minimum absolute atomic E-state index is 0.266. The molecule has 126 valence electrons. The summed E-state index contributed by atoms with van der Waals surface area (Å²) < 4.78 is 43.1. The molecule has 25 heavy (non-hydrogen) atoms. The lowest BCUT2D eigenvalue weighted by molar-refractivity contribution is -0.137. The first-order valence-corrected chi connectivity index (χ1v) is 6.93. The summed E-state index contributed by atoms with van der Waals surface area (Å²) in [6.07, 6.45) is -4.39. The normalized spacial score (nSPS) is 10.3. The van der Waals surface area contributed by atoms with E-state index in [-0.39, 0.29) is 11.5 Å². The number of rotatable bonds is 4. The van der Waals surface area contributed by atoms with Gasteiger partial charge in [0.05, 0.1) is 11.3 Å². The number of anilines is 1. The summed E-state index contributed by atoms with van der Waals surface area (Å²) in [6.45, 7) is 1.75. The van der Waals surface area contributed by atoms with E-state index in [2.05, 4.69) is 10.5 Å². The van der Waals surface area contributed by atoms with Crippen LogP contribution in [0.2, 0.25) is 0 Å². The molecule has 8 heteroatoms. The molecule has 2 aromatic rings. The van der Waals surface area contributed by atoms with Crippen LogP contribution in [0.25, 0.3) is 0 Å². The fraction of sp³-hybridized carbons (Fsp3) is 0.118. The van der Waals surface area contributed by atoms with Crippen molar-refractivity contribution in [3.05, 3.63) is 53.6 Å². The zero-order valence-corrected chi connectivity index (χ0v) is 12.9. The lowest BCUT2D eigenvalue weighted by Crippen LogP contribution is -2.04. The summed E-state index contributed by atoms with van der Waals surface area (Å²) in [5, 5.41) is 20.9. The number of nitrogens with zero attached hydrogens (tertiary/aromatic N) is 3. The SMILES string of the molecule is Cc1cc(Oc2ccc(C(F)(F)F)cc2)ccc1NN=C(C#N)C#N. The number of halogens is 3. The van der Waals surface area contributed by atoms with E-state index in [4.69, 9.17) is 15.3 Å². The van der Waals surface area contributed by atoms with E-state index in [0.717, 1.165) is 12.1 Å². The molecule has 1 N–H and O–H groups in total. The molecule has 0 spiro atoms. The van der Waals surface area contributed by atoms with Gasteiger partial charge in [-0.1, -0.05) is 0 Å². The summed E-state index contributed by atoms with van der Waals surface area (Å²) in [6, 6.07) is 12.4. The average Bonchev–Trinajstić information content (AvgIpc) is 2.57. The third-order valence-electron chi connectivity index (χ3n) is 3.12. The van der Waals surface area contributed by atoms with Gasteiger partial charge in [0.1, 0.15) is 23.6 Å². The molecular formula is C17H11F3N4O. The zero-order valence-electron chi connectivity index (χ0n) is 12.9. The smallest absolute Gasteiger partial charge is 0.416 e. The molecular weight excluding hydrogens is 333 g/mol. The second-order valence-electron chi connectivity index (χ2n) is 4.90. The molecule has 0 saturated heterocycles. The first-order valence-electron chi connectivity index (χ1n) is 6.93. The van der Waals surface area contributed by atoms with Gasteiger partial charge in [-0.05, 0) is 55.0 Å². The average molecular weight is 344 g/mol. The number of ether oxygens (including phenoxy) is 1. The number of alkyl halides is 3. The Morgan fingerprint density at radius 3 is 2.16 bits per heavy atom. The highest BCUT2D eigenvalue weighted by atomic mass is 19.4. The summed E-state index contributed by atoms with van der Waals surface area (Å²) in [4.78, 5) is 0. The molecule has 0 aliphatic carbocycles. The monoisotopic (exact) mass is 344 g/mol. The molecule has 0 amide bonds. The van der Waals surface area contributed by atoms with Gasteiger partial charge in [0.25, 0.3) is 0 Å². The van der Waals surface area contributed by atoms with Crippen LogP contribution < -0.4 is 10.2 Å². The van der Waals surface area contributed by atoms with E-state index in [0.29, 0.717) is 17.0 Å². The molecule has 0 aliphatic heterocycles. The lowest BCUT2D eigenvalue weighted by atomic mass is 10.2. The van der Waals surface area contributed by atoms with E-state index in [1.54, 1.807) is 37.3 Å². The lowest BCUT2D eigenvalue weighted by Gasteiger charge is -2.11. The standard InChI is InChI=1S/C17H11F3N4O/c1-11-8-15(6-7-16(11)24-23-13(9-21)10-22)25-14-4-2-12(3-5-14)17(18,19)20/h2-8,24H,1H3. The maximum absolute atomic E-state index is 12.5. The Morgan fingerprint density at radius 1 is 1.04 bits per heavy atom. The van der Waals surface area contributed by atoms with Crippen molar-refractivity contribution < 1.29 is 17.9 Å². The van der Waals surface area contributed by atoms with Crippen molar-refractivity contribution in [3.63, 3.8) is 0 Å². The molecule has 0 bridgehead atoms. The summed E-state index contributed by atoms with van der Waals surface area (Å²) in [5.41, 5.74) is 2.80. The van der Waals surface area contributed by atoms with Crippen LogP contribution in [-0.2, 0) is 6.18 Å². The first-order chi connectivity index (χ1) is 11.8. The van der Waals surface area contributed by atoms with Crippen molar-refractivity contribution in [3.8, 4) is 23.6 Å². The van der Waals surface area contributed by atoms with Gasteiger partial charge in [-0.15, -0.1) is 0 Å². The second kappa shape index (κ2) is 7.37. The summed E-state index contributed by atoms with van der Waals surface area (Å²) in [5.74, 6) is 0.690. The van der Waals surface area contributed by atoms with Crippen LogP contribution in [0.4, 0.5) is 18.9 Å². The van der Waals surface area contributed by atoms with Gasteiger partial charge in [-0.3, -0.25) is 5.43 Å². The van der Waals surface area contributed by atoms with E-state index in [1.165, 1.54) is 12.1 Å². The van der Waals surface area contributed by atoms with Gasteiger partial charge >= 0.3 is 6.18 Å². The Kier molecular flexibility index (Phi) is 5.25. The van der Waals surface area contributed by atoms with Gasteiger partial charge in [0.15, 0.2) is 0 Å². The minimum atomic E-state index is -4.39. The molecule has 0 saturated carbocycles. The van der Waals surface area contributed by atoms with Crippen LogP contribution >= 0.6 is 0 Å². The molecule has 2 rings (SSSR count).